The Morgan fingerprint density at radius 1 is 1.25 bits per heavy atom. The lowest BCUT2D eigenvalue weighted by molar-refractivity contribution is -0.149. The van der Waals surface area contributed by atoms with Gasteiger partial charge in [-0.05, 0) is 29.2 Å². The summed E-state index contributed by atoms with van der Waals surface area (Å²) >= 11 is 0. The lowest BCUT2D eigenvalue weighted by Crippen LogP contribution is -2.34. The van der Waals surface area contributed by atoms with E-state index in [1.165, 1.54) is 25.7 Å². The summed E-state index contributed by atoms with van der Waals surface area (Å²) in [5, 5.41) is 21.5. The summed E-state index contributed by atoms with van der Waals surface area (Å²) in [5.41, 5.74) is -0.653. The van der Waals surface area contributed by atoms with Crippen molar-refractivity contribution in [3.63, 3.8) is 0 Å². The van der Waals surface area contributed by atoms with Crippen molar-refractivity contribution in [2.24, 2.45) is 11.3 Å². The minimum absolute atomic E-state index is 0.428. The Balaban J connectivity index is 1.73. The Morgan fingerprint density at radius 2 is 1.95 bits per heavy atom. The zero-order valence-electron chi connectivity index (χ0n) is 11.8. The molecule has 1 aromatic rings. The van der Waals surface area contributed by atoms with E-state index in [0.29, 0.717) is 12.5 Å². The van der Waals surface area contributed by atoms with E-state index in [4.69, 9.17) is 0 Å². The number of hydrogen-bond donors (Lipinski definition) is 1. The molecule has 20 heavy (non-hydrogen) atoms. The molecule has 6 heteroatoms. The van der Waals surface area contributed by atoms with Crippen molar-refractivity contribution >= 4 is 5.97 Å². The van der Waals surface area contributed by atoms with Crippen LogP contribution in [0.25, 0.3) is 0 Å². The highest BCUT2D eigenvalue weighted by molar-refractivity contribution is 5.74. The zero-order chi connectivity index (χ0) is 14.0. The fraction of sp³-hybridized carbons (Fsp3) is 0.857. The summed E-state index contributed by atoms with van der Waals surface area (Å²) in [4.78, 5) is 11.6. The van der Waals surface area contributed by atoms with Crippen LogP contribution in [0, 0.1) is 11.3 Å². The smallest absolute Gasteiger partial charge is 0.311 e. The van der Waals surface area contributed by atoms with Gasteiger partial charge in [-0.25, -0.2) is 4.68 Å². The topological polar surface area (TPSA) is 80.9 Å². The van der Waals surface area contributed by atoms with E-state index in [1.54, 1.807) is 4.68 Å². The van der Waals surface area contributed by atoms with Gasteiger partial charge < -0.3 is 5.11 Å². The third kappa shape index (κ3) is 2.55. The lowest BCUT2D eigenvalue weighted by atomic mass is 9.86. The van der Waals surface area contributed by atoms with Crippen LogP contribution < -0.4 is 0 Å². The molecule has 3 rings (SSSR count). The highest BCUT2D eigenvalue weighted by atomic mass is 16.4. The summed E-state index contributed by atoms with van der Waals surface area (Å²) in [6.07, 6.45) is 9.45. The molecule has 1 N–H and O–H groups in total. The lowest BCUT2D eigenvalue weighted by Gasteiger charge is -2.23. The van der Waals surface area contributed by atoms with Crippen molar-refractivity contribution in [3.05, 3.63) is 5.82 Å². The number of tetrazole rings is 1. The van der Waals surface area contributed by atoms with E-state index in [0.717, 1.165) is 37.9 Å². The van der Waals surface area contributed by atoms with Gasteiger partial charge in [-0.2, -0.15) is 0 Å². The number of nitrogens with zero attached hydrogens (tertiary/aromatic N) is 4. The third-order valence-electron chi connectivity index (χ3n) is 5.02. The normalized spacial score (nSPS) is 22.4. The summed E-state index contributed by atoms with van der Waals surface area (Å²) < 4.78 is 1.75. The maximum Gasteiger partial charge on any atom is 0.311 e. The van der Waals surface area contributed by atoms with Gasteiger partial charge in [0.15, 0.2) is 5.82 Å². The molecule has 0 radical (unpaired) electrons. The van der Waals surface area contributed by atoms with Crippen molar-refractivity contribution in [3.8, 4) is 0 Å². The average molecular weight is 278 g/mol. The molecule has 1 heterocycles. The van der Waals surface area contributed by atoms with Gasteiger partial charge in [0.25, 0.3) is 0 Å². The summed E-state index contributed by atoms with van der Waals surface area (Å²) in [5.74, 6) is 0.839. The molecule has 2 fully saturated rings. The predicted octanol–water partition coefficient (Wildman–Crippen LogP) is 2.05. The monoisotopic (exact) mass is 278 g/mol. The molecule has 0 saturated heterocycles. The van der Waals surface area contributed by atoms with Gasteiger partial charge in [0, 0.05) is 6.42 Å². The van der Waals surface area contributed by atoms with Crippen molar-refractivity contribution in [1.29, 1.82) is 0 Å². The minimum atomic E-state index is -0.697. The van der Waals surface area contributed by atoms with Crippen LogP contribution in [0.5, 0.6) is 0 Å². The number of carbonyl (C=O) groups is 1. The summed E-state index contributed by atoms with van der Waals surface area (Å²) in [7, 11) is 0. The highest BCUT2D eigenvalue weighted by Gasteiger charge is 2.42. The van der Waals surface area contributed by atoms with E-state index < -0.39 is 11.4 Å². The number of carboxylic acid groups (broad SMARTS) is 1. The number of rotatable bonds is 5. The molecule has 0 bridgehead atoms. The largest absolute Gasteiger partial charge is 0.481 e. The van der Waals surface area contributed by atoms with Crippen LogP contribution in [0.2, 0.25) is 0 Å². The van der Waals surface area contributed by atoms with E-state index >= 15 is 0 Å². The van der Waals surface area contributed by atoms with Gasteiger partial charge in [-0.1, -0.05) is 38.5 Å². The molecule has 6 nitrogen and oxygen atoms in total. The molecule has 2 saturated carbocycles. The van der Waals surface area contributed by atoms with Crippen molar-refractivity contribution in [2.45, 2.75) is 64.3 Å². The quantitative estimate of drug-likeness (QED) is 0.891. The Labute approximate surface area is 118 Å². The van der Waals surface area contributed by atoms with Gasteiger partial charge in [0.2, 0.25) is 0 Å². The average Bonchev–Trinajstić information content (AvgIpc) is 3.14. The fourth-order valence-electron chi connectivity index (χ4n) is 3.74. The molecule has 0 aliphatic heterocycles. The molecule has 0 spiro atoms. The van der Waals surface area contributed by atoms with Crippen LogP contribution in [0.15, 0.2) is 0 Å². The Kier molecular flexibility index (Phi) is 3.72. The molecule has 0 unspecified atom stereocenters. The fourth-order valence-corrected chi connectivity index (χ4v) is 3.74. The second-order valence-electron chi connectivity index (χ2n) is 6.40. The predicted molar refractivity (Wildman–Crippen MR) is 72.0 cm³/mol. The minimum Gasteiger partial charge on any atom is -0.481 e. The highest BCUT2D eigenvalue weighted by Crippen LogP contribution is 2.40. The molecule has 0 amide bonds. The van der Waals surface area contributed by atoms with Crippen LogP contribution in [0.1, 0.15) is 57.2 Å². The zero-order valence-corrected chi connectivity index (χ0v) is 11.8. The Bertz CT molecular complexity index is 473. The first kappa shape index (κ1) is 13.5. The summed E-state index contributed by atoms with van der Waals surface area (Å²) in [6, 6.07) is 0. The van der Waals surface area contributed by atoms with Crippen LogP contribution >= 0.6 is 0 Å². The van der Waals surface area contributed by atoms with Crippen molar-refractivity contribution < 1.29 is 9.90 Å². The first-order valence-electron chi connectivity index (χ1n) is 7.68. The molecule has 0 aromatic carbocycles. The first-order valence-corrected chi connectivity index (χ1v) is 7.68. The molecule has 1 aromatic heterocycles. The van der Waals surface area contributed by atoms with Crippen LogP contribution in [-0.2, 0) is 17.8 Å². The van der Waals surface area contributed by atoms with Gasteiger partial charge in [0.05, 0.1) is 12.0 Å². The number of hydrogen-bond acceptors (Lipinski definition) is 4. The second-order valence-corrected chi connectivity index (χ2v) is 6.40. The van der Waals surface area contributed by atoms with Crippen molar-refractivity contribution in [1.82, 2.24) is 20.2 Å². The standard InChI is InChI=1S/C14H22N4O2/c19-13(20)14(7-3-4-8-14)10-18-12(15-16-17-18)9-11-5-1-2-6-11/h11H,1-10H2,(H,19,20). The maximum absolute atomic E-state index is 11.6. The SMILES string of the molecule is O=C(O)C1(Cn2nnnc2CC2CCCC2)CCCC1. The van der Waals surface area contributed by atoms with Gasteiger partial charge in [-0.3, -0.25) is 4.79 Å². The molecule has 110 valence electrons. The van der Waals surface area contributed by atoms with E-state index in [9.17, 15) is 9.90 Å². The number of aromatic nitrogens is 4. The second kappa shape index (κ2) is 5.50. The van der Waals surface area contributed by atoms with Crippen LogP contribution in [-0.4, -0.2) is 31.3 Å². The van der Waals surface area contributed by atoms with Gasteiger partial charge in [0.1, 0.15) is 0 Å². The van der Waals surface area contributed by atoms with Crippen LogP contribution in [0.4, 0.5) is 0 Å². The Morgan fingerprint density at radius 3 is 2.60 bits per heavy atom. The van der Waals surface area contributed by atoms with E-state index in [-0.39, 0.29) is 0 Å². The van der Waals surface area contributed by atoms with Gasteiger partial charge >= 0.3 is 5.97 Å². The summed E-state index contributed by atoms with van der Waals surface area (Å²) in [6.45, 7) is 0.428. The first-order chi connectivity index (χ1) is 9.70. The van der Waals surface area contributed by atoms with Gasteiger partial charge in [-0.15, -0.1) is 5.10 Å². The number of aliphatic carboxylic acids is 1. The molecular weight excluding hydrogens is 256 g/mol. The van der Waals surface area contributed by atoms with E-state index in [1.807, 2.05) is 0 Å². The molecule has 2 aliphatic rings. The molecule has 0 atom stereocenters. The molecule has 2 aliphatic carbocycles. The third-order valence-corrected chi connectivity index (χ3v) is 5.02. The van der Waals surface area contributed by atoms with Crippen molar-refractivity contribution in [2.75, 3.05) is 0 Å². The molecular formula is C14H22N4O2. The van der Waals surface area contributed by atoms with Crippen LogP contribution in [0.3, 0.4) is 0 Å². The van der Waals surface area contributed by atoms with E-state index in [2.05, 4.69) is 15.5 Å². The number of carboxylic acids is 1. The Hall–Kier alpha value is -1.46. The maximum atomic E-state index is 11.6.